The smallest absolute Gasteiger partial charge is 0.219 e. The van der Waals surface area contributed by atoms with Gasteiger partial charge in [-0.15, -0.1) is 0 Å². The zero-order chi connectivity index (χ0) is 13.9. The lowest BCUT2D eigenvalue weighted by Crippen LogP contribution is -2.36. The topological polar surface area (TPSA) is 57.3 Å². The van der Waals surface area contributed by atoms with Crippen LogP contribution in [0.25, 0.3) is 10.2 Å². The normalized spacial score (nSPS) is 15.1. The maximum absolute atomic E-state index is 11.2. The first-order valence-corrected chi connectivity index (χ1v) is 7.36. The van der Waals surface area contributed by atoms with E-state index in [1.165, 1.54) is 0 Å². The first-order valence-electron chi connectivity index (χ1n) is 6.54. The van der Waals surface area contributed by atoms with Crippen LogP contribution in [0, 0.1) is 0 Å². The summed E-state index contributed by atoms with van der Waals surface area (Å²) in [5.74, 6) is 0.124. The molecule has 5 nitrogen and oxygen atoms in total. The molecule has 0 unspecified atom stereocenters. The Bertz CT molecular complexity index is 631. The summed E-state index contributed by atoms with van der Waals surface area (Å²) in [6.07, 6.45) is 2.86. The van der Waals surface area contributed by atoms with E-state index >= 15 is 0 Å². The number of carbonyl (C=O) groups excluding carboxylic acids is 1. The summed E-state index contributed by atoms with van der Waals surface area (Å²) in [6.45, 7) is 3.03. The molecule has 1 aliphatic rings. The molecular formula is C14H16N4OS. The molecule has 0 spiro atoms. The van der Waals surface area contributed by atoms with Gasteiger partial charge in [0.15, 0.2) is 0 Å². The third kappa shape index (κ3) is 2.75. The Morgan fingerprint density at radius 1 is 1.35 bits per heavy atom. The summed E-state index contributed by atoms with van der Waals surface area (Å²) >= 11 is 1.61. The van der Waals surface area contributed by atoms with Crippen LogP contribution in [0.3, 0.4) is 0 Å². The van der Waals surface area contributed by atoms with Gasteiger partial charge in [0.2, 0.25) is 11.0 Å². The Kier molecular flexibility index (Phi) is 3.56. The predicted molar refractivity (Wildman–Crippen MR) is 81.3 cm³/mol. The summed E-state index contributed by atoms with van der Waals surface area (Å²) in [5.41, 5.74) is 8.41. The summed E-state index contributed by atoms with van der Waals surface area (Å²) in [6, 6.07) is 8.06. The maximum atomic E-state index is 11.2. The molecule has 1 aliphatic heterocycles. The van der Waals surface area contributed by atoms with E-state index in [-0.39, 0.29) is 5.91 Å². The van der Waals surface area contributed by atoms with Crippen molar-refractivity contribution in [3.8, 4) is 0 Å². The van der Waals surface area contributed by atoms with Crippen molar-refractivity contribution in [3.63, 3.8) is 0 Å². The Labute approximate surface area is 121 Å². The van der Waals surface area contributed by atoms with Crippen molar-refractivity contribution in [1.82, 2.24) is 15.3 Å². The highest BCUT2D eigenvalue weighted by Gasteiger charge is 2.13. The predicted octanol–water partition coefficient (Wildman–Crippen LogP) is 2.35. The molecule has 2 heterocycles. The molecule has 20 heavy (non-hydrogen) atoms. The van der Waals surface area contributed by atoms with E-state index in [2.05, 4.69) is 21.9 Å². The highest BCUT2D eigenvalue weighted by Crippen LogP contribution is 2.24. The van der Waals surface area contributed by atoms with Crippen LogP contribution >= 0.6 is 11.3 Å². The van der Waals surface area contributed by atoms with Crippen LogP contribution in [-0.2, 0) is 4.79 Å². The number of aromatic nitrogens is 1. The molecule has 104 valence electrons. The number of para-hydroxylation sites is 1. The number of hydrazine groups is 1. The van der Waals surface area contributed by atoms with Crippen molar-refractivity contribution in [2.24, 2.45) is 0 Å². The van der Waals surface area contributed by atoms with Crippen molar-refractivity contribution >= 4 is 32.6 Å². The van der Waals surface area contributed by atoms with Crippen LogP contribution in [0.4, 0.5) is 5.13 Å². The maximum Gasteiger partial charge on any atom is 0.219 e. The molecule has 0 saturated heterocycles. The van der Waals surface area contributed by atoms with E-state index in [1.807, 2.05) is 29.2 Å². The second-order valence-corrected chi connectivity index (χ2v) is 5.71. The van der Waals surface area contributed by atoms with Gasteiger partial charge in [0.05, 0.1) is 10.2 Å². The van der Waals surface area contributed by atoms with Crippen molar-refractivity contribution < 1.29 is 4.79 Å². The largest absolute Gasteiger partial charge is 0.339 e. The van der Waals surface area contributed by atoms with Gasteiger partial charge in [-0.05, 0) is 18.2 Å². The molecule has 1 aromatic carbocycles. The number of fused-ring (bicyclic) bond motifs is 1. The monoisotopic (exact) mass is 288 g/mol. The Hall–Kier alpha value is -2.08. The van der Waals surface area contributed by atoms with Crippen molar-refractivity contribution in [3.05, 3.63) is 36.0 Å². The van der Waals surface area contributed by atoms with Gasteiger partial charge in [-0.1, -0.05) is 23.5 Å². The van der Waals surface area contributed by atoms with Gasteiger partial charge in [-0.3, -0.25) is 10.2 Å². The minimum Gasteiger partial charge on any atom is -0.339 e. The fourth-order valence-electron chi connectivity index (χ4n) is 2.13. The summed E-state index contributed by atoms with van der Waals surface area (Å²) in [4.78, 5) is 17.6. The van der Waals surface area contributed by atoms with Gasteiger partial charge in [0.1, 0.15) is 0 Å². The van der Waals surface area contributed by atoms with Crippen molar-refractivity contribution in [2.45, 2.75) is 13.3 Å². The molecule has 0 atom stereocenters. The zero-order valence-corrected chi connectivity index (χ0v) is 12.0. The van der Waals surface area contributed by atoms with Crippen LogP contribution in [0.2, 0.25) is 0 Å². The van der Waals surface area contributed by atoms with Crippen LogP contribution in [-0.4, -0.2) is 28.9 Å². The van der Waals surface area contributed by atoms with Gasteiger partial charge >= 0.3 is 0 Å². The molecule has 0 aliphatic carbocycles. The van der Waals surface area contributed by atoms with Crippen LogP contribution in [0.5, 0.6) is 0 Å². The molecule has 1 aromatic heterocycles. The highest BCUT2D eigenvalue weighted by atomic mass is 32.1. The van der Waals surface area contributed by atoms with E-state index in [0.29, 0.717) is 6.54 Å². The number of nitrogens with zero attached hydrogens (tertiary/aromatic N) is 2. The fraction of sp³-hybridized carbons (Fsp3) is 0.286. The lowest BCUT2D eigenvalue weighted by atomic mass is 10.2. The number of amides is 1. The van der Waals surface area contributed by atoms with Gasteiger partial charge in [-0.25, -0.2) is 4.98 Å². The van der Waals surface area contributed by atoms with Gasteiger partial charge in [0, 0.05) is 32.1 Å². The summed E-state index contributed by atoms with van der Waals surface area (Å²) in [5, 5.41) is 0.848. The molecule has 0 fully saturated rings. The Balaban J connectivity index is 1.61. The van der Waals surface area contributed by atoms with Crippen molar-refractivity contribution in [2.75, 3.05) is 18.5 Å². The number of anilines is 1. The number of benzene rings is 1. The average molecular weight is 288 g/mol. The van der Waals surface area contributed by atoms with E-state index < -0.39 is 0 Å². The fourth-order valence-corrected chi connectivity index (χ4v) is 2.95. The Morgan fingerprint density at radius 3 is 2.90 bits per heavy atom. The molecule has 0 saturated carbocycles. The molecule has 6 heteroatoms. The number of carbonyl (C=O) groups is 1. The lowest BCUT2D eigenvalue weighted by Gasteiger charge is -2.25. The van der Waals surface area contributed by atoms with E-state index in [1.54, 1.807) is 18.3 Å². The van der Waals surface area contributed by atoms with Gasteiger partial charge in [-0.2, -0.15) is 0 Å². The molecule has 0 radical (unpaired) electrons. The Morgan fingerprint density at radius 2 is 2.20 bits per heavy atom. The van der Waals surface area contributed by atoms with E-state index in [9.17, 15) is 4.79 Å². The van der Waals surface area contributed by atoms with Crippen LogP contribution in [0.15, 0.2) is 36.0 Å². The van der Waals surface area contributed by atoms with E-state index in [0.717, 1.165) is 34.0 Å². The molecule has 1 amide bonds. The SMILES string of the molecule is CC(=O)N1CC=C(NNc2nc3ccccc3s2)CC1. The standard InChI is InChI=1S/C14H16N4OS/c1-10(19)18-8-6-11(7-9-18)16-17-14-15-12-4-2-3-5-13(12)20-14/h2-6,16H,7-9H2,1H3,(H,15,17). The number of thiazole rings is 1. The van der Waals surface area contributed by atoms with Crippen molar-refractivity contribution in [1.29, 1.82) is 0 Å². The van der Waals surface area contributed by atoms with Crippen LogP contribution < -0.4 is 10.9 Å². The minimum atomic E-state index is 0.124. The number of hydrogen-bond donors (Lipinski definition) is 2. The number of rotatable bonds is 3. The quantitative estimate of drug-likeness (QED) is 0.851. The third-order valence-electron chi connectivity index (χ3n) is 3.28. The first kappa shape index (κ1) is 12.9. The second kappa shape index (κ2) is 5.50. The summed E-state index contributed by atoms with van der Waals surface area (Å²) < 4.78 is 1.16. The zero-order valence-electron chi connectivity index (χ0n) is 11.2. The molecule has 2 aromatic rings. The van der Waals surface area contributed by atoms with E-state index in [4.69, 9.17) is 0 Å². The average Bonchev–Trinajstić information content (AvgIpc) is 2.88. The third-order valence-corrected chi connectivity index (χ3v) is 4.23. The first-order chi connectivity index (χ1) is 9.72. The molecule has 2 N–H and O–H groups in total. The highest BCUT2D eigenvalue weighted by molar-refractivity contribution is 7.22. The van der Waals surface area contributed by atoms with Gasteiger partial charge < -0.3 is 10.3 Å². The molecular weight excluding hydrogens is 272 g/mol. The minimum absolute atomic E-state index is 0.124. The number of hydrogen-bond acceptors (Lipinski definition) is 5. The molecule has 3 rings (SSSR count). The molecule has 0 bridgehead atoms. The number of nitrogens with one attached hydrogen (secondary N) is 2. The summed E-state index contributed by atoms with van der Waals surface area (Å²) in [7, 11) is 0. The lowest BCUT2D eigenvalue weighted by molar-refractivity contribution is -0.128. The second-order valence-electron chi connectivity index (χ2n) is 4.68. The van der Waals surface area contributed by atoms with Crippen LogP contribution in [0.1, 0.15) is 13.3 Å². The van der Waals surface area contributed by atoms with Gasteiger partial charge in [0.25, 0.3) is 0 Å².